The number of hydrogen-bond acceptors (Lipinski definition) is 3. The van der Waals surface area contributed by atoms with Gasteiger partial charge in [-0.1, -0.05) is 119 Å². The predicted octanol–water partition coefficient (Wildman–Crippen LogP) is 5.27. The van der Waals surface area contributed by atoms with Crippen molar-refractivity contribution in [2.45, 2.75) is 51.9 Å². The molecule has 2 unspecified atom stereocenters. The summed E-state index contributed by atoms with van der Waals surface area (Å²) in [5, 5.41) is 5.45. The summed E-state index contributed by atoms with van der Waals surface area (Å²) in [5.74, 6) is 0. The second kappa shape index (κ2) is 9.77. The number of hydrogen-bond donors (Lipinski definition) is 1. The Kier molecular flexibility index (Phi) is 6.96. The second-order valence-corrected chi connectivity index (χ2v) is 14.8. The predicted molar refractivity (Wildman–Crippen MR) is 140 cm³/mol. The van der Waals surface area contributed by atoms with Gasteiger partial charge in [-0.2, -0.15) is 0 Å². The van der Waals surface area contributed by atoms with Gasteiger partial charge in [-0.3, -0.25) is 0 Å². The van der Waals surface area contributed by atoms with Crippen LogP contribution in [0, 0.1) is 5.41 Å². The first-order chi connectivity index (χ1) is 16.2. The molecule has 0 radical (unpaired) electrons. The normalized spacial score (nSPS) is 19.9. The average Bonchev–Trinajstić information content (AvgIpc) is 3.50. The summed E-state index contributed by atoms with van der Waals surface area (Å²) in [6, 6.07) is 31.1. The second-order valence-electron chi connectivity index (χ2n) is 10.5. The van der Waals surface area contributed by atoms with Gasteiger partial charge in [0.1, 0.15) is 6.61 Å². The molecule has 4 rings (SSSR count). The van der Waals surface area contributed by atoms with Crippen LogP contribution in [0.4, 0.5) is 4.79 Å². The topological polar surface area (TPSA) is 47.6 Å². The van der Waals surface area contributed by atoms with Crippen LogP contribution in [0.25, 0.3) is 0 Å². The molecule has 0 heterocycles. The molecular formula is C29H35NO3Si. The highest BCUT2D eigenvalue weighted by Gasteiger charge is 2.59. The van der Waals surface area contributed by atoms with Crippen LogP contribution in [0.15, 0.2) is 91.0 Å². The highest BCUT2D eigenvalue weighted by molar-refractivity contribution is 6.99. The summed E-state index contributed by atoms with van der Waals surface area (Å²) in [7, 11) is -2.60. The van der Waals surface area contributed by atoms with Crippen molar-refractivity contribution >= 4 is 24.8 Å². The highest BCUT2D eigenvalue weighted by Crippen LogP contribution is 2.51. The smallest absolute Gasteiger partial charge is 0.407 e. The Balaban J connectivity index is 1.48. The Morgan fingerprint density at radius 3 is 1.91 bits per heavy atom. The Morgan fingerprint density at radius 2 is 1.41 bits per heavy atom. The molecule has 1 saturated carbocycles. The van der Waals surface area contributed by atoms with E-state index in [2.05, 4.69) is 93.7 Å². The summed E-state index contributed by atoms with van der Waals surface area (Å²) < 4.78 is 12.6. The molecule has 1 aliphatic carbocycles. The Labute approximate surface area is 204 Å². The zero-order valence-electron chi connectivity index (χ0n) is 20.6. The fourth-order valence-corrected chi connectivity index (χ4v) is 9.50. The van der Waals surface area contributed by atoms with Crippen LogP contribution in [-0.4, -0.2) is 27.1 Å². The molecule has 1 aliphatic rings. The Morgan fingerprint density at radius 1 is 0.912 bits per heavy atom. The molecule has 0 saturated heterocycles. The maximum absolute atomic E-state index is 12.3. The summed E-state index contributed by atoms with van der Waals surface area (Å²) in [6.07, 6.45) is 0.602. The average molecular weight is 474 g/mol. The first-order valence-corrected chi connectivity index (χ1v) is 13.9. The molecule has 2 atom stereocenters. The molecule has 3 aromatic rings. The molecule has 0 spiro atoms. The van der Waals surface area contributed by atoms with E-state index in [-0.39, 0.29) is 29.3 Å². The minimum absolute atomic E-state index is 0.0682. The van der Waals surface area contributed by atoms with E-state index >= 15 is 0 Å². The van der Waals surface area contributed by atoms with Crippen molar-refractivity contribution in [3.8, 4) is 0 Å². The van der Waals surface area contributed by atoms with Crippen molar-refractivity contribution in [2.24, 2.45) is 5.41 Å². The van der Waals surface area contributed by atoms with Crippen LogP contribution in [-0.2, 0) is 15.8 Å². The zero-order valence-corrected chi connectivity index (χ0v) is 21.6. The van der Waals surface area contributed by atoms with Crippen molar-refractivity contribution in [1.82, 2.24) is 5.32 Å². The third-order valence-electron chi connectivity index (χ3n) is 6.85. The van der Waals surface area contributed by atoms with E-state index in [1.54, 1.807) is 0 Å². The first-order valence-electron chi connectivity index (χ1n) is 12.0. The molecule has 4 nitrogen and oxygen atoms in total. The minimum Gasteiger partial charge on any atom is -0.445 e. The van der Waals surface area contributed by atoms with Crippen molar-refractivity contribution in [3.05, 3.63) is 96.6 Å². The summed E-state index contributed by atoms with van der Waals surface area (Å²) in [6.45, 7) is 9.86. The number of amides is 1. The van der Waals surface area contributed by atoms with Gasteiger partial charge < -0.3 is 14.5 Å². The van der Waals surface area contributed by atoms with E-state index in [1.807, 2.05) is 30.3 Å². The van der Waals surface area contributed by atoms with Crippen molar-refractivity contribution in [2.75, 3.05) is 6.54 Å². The third kappa shape index (κ3) is 5.11. The van der Waals surface area contributed by atoms with Gasteiger partial charge in [-0.25, -0.2) is 4.79 Å². The molecule has 178 valence electrons. The molecule has 0 bridgehead atoms. The van der Waals surface area contributed by atoms with E-state index in [1.165, 1.54) is 10.4 Å². The maximum Gasteiger partial charge on any atom is 0.407 e. The van der Waals surface area contributed by atoms with Crippen LogP contribution in [0.5, 0.6) is 0 Å². The molecule has 1 amide bonds. The van der Waals surface area contributed by atoms with Crippen molar-refractivity contribution < 1.29 is 14.0 Å². The van der Waals surface area contributed by atoms with Gasteiger partial charge >= 0.3 is 6.09 Å². The molecule has 1 fully saturated rings. The molecule has 34 heavy (non-hydrogen) atoms. The molecular weight excluding hydrogens is 438 g/mol. The van der Waals surface area contributed by atoms with Crippen LogP contribution in [0.1, 0.15) is 39.7 Å². The number of rotatable bonds is 8. The largest absolute Gasteiger partial charge is 0.445 e. The van der Waals surface area contributed by atoms with Gasteiger partial charge in [-0.15, -0.1) is 0 Å². The third-order valence-corrected chi connectivity index (χ3v) is 11.9. The summed E-state index contributed by atoms with van der Waals surface area (Å²) >= 11 is 0. The number of ether oxygens (including phenoxy) is 1. The van der Waals surface area contributed by atoms with Gasteiger partial charge in [0.25, 0.3) is 8.32 Å². The lowest BCUT2D eigenvalue weighted by Crippen LogP contribution is -2.67. The number of nitrogens with one attached hydrogen (secondary N) is 1. The van der Waals surface area contributed by atoms with Crippen LogP contribution < -0.4 is 15.7 Å². The highest BCUT2D eigenvalue weighted by atomic mass is 28.4. The van der Waals surface area contributed by atoms with E-state index < -0.39 is 8.32 Å². The van der Waals surface area contributed by atoms with Crippen LogP contribution >= 0.6 is 0 Å². The van der Waals surface area contributed by atoms with Gasteiger partial charge in [0.15, 0.2) is 0 Å². The number of benzene rings is 3. The fraction of sp³-hybridized carbons (Fsp3) is 0.345. The molecule has 3 aromatic carbocycles. The molecule has 0 aromatic heterocycles. The molecule has 0 aliphatic heterocycles. The fourth-order valence-electron chi connectivity index (χ4n) is 4.69. The number of carbonyl (C=O) groups excluding carboxylic acids is 1. The number of alkyl carbamates (subject to hydrolysis) is 1. The minimum atomic E-state index is -2.60. The van der Waals surface area contributed by atoms with Gasteiger partial charge in [-0.05, 0) is 27.4 Å². The van der Waals surface area contributed by atoms with Gasteiger partial charge in [0, 0.05) is 12.0 Å². The Bertz CT molecular complexity index is 1040. The maximum atomic E-state index is 12.3. The van der Waals surface area contributed by atoms with Crippen molar-refractivity contribution in [1.29, 1.82) is 0 Å². The van der Waals surface area contributed by atoms with Gasteiger partial charge in [0.2, 0.25) is 0 Å². The van der Waals surface area contributed by atoms with E-state index in [9.17, 15) is 4.79 Å². The van der Waals surface area contributed by atoms with E-state index in [0.29, 0.717) is 6.54 Å². The lowest BCUT2D eigenvalue weighted by molar-refractivity contribution is 0.136. The lowest BCUT2D eigenvalue weighted by Gasteiger charge is -2.43. The lowest BCUT2D eigenvalue weighted by atomic mass is 10.1. The quantitative estimate of drug-likeness (QED) is 0.454. The summed E-state index contributed by atoms with van der Waals surface area (Å²) in [4.78, 5) is 12.3. The van der Waals surface area contributed by atoms with Crippen molar-refractivity contribution in [3.63, 3.8) is 0 Å². The first kappa shape index (κ1) is 24.2. The molecule has 1 N–H and O–H groups in total. The van der Waals surface area contributed by atoms with Crippen LogP contribution in [0.2, 0.25) is 5.04 Å². The molecule has 5 heteroatoms. The standard InChI is InChI=1S/C29H35NO3Si/c1-28(2,3)34(24-16-10-6-11-17-24,25-18-12-7-13-19-25)33-26-20-29(26,4)22-30-27(31)32-21-23-14-8-5-9-15-23/h5-19,26H,20-22H2,1-4H3,(H,30,31). The van der Waals surface area contributed by atoms with Crippen LogP contribution in [0.3, 0.4) is 0 Å². The monoisotopic (exact) mass is 473 g/mol. The zero-order chi connectivity index (χ0) is 24.2. The van der Waals surface area contributed by atoms with E-state index in [4.69, 9.17) is 9.16 Å². The van der Waals surface area contributed by atoms with E-state index in [0.717, 1.165) is 12.0 Å². The SMILES string of the molecule is CC1(CNC(=O)OCc2ccccc2)CC1O[Si](c1ccccc1)(c1ccccc1)C(C)(C)C. The number of carbonyl (C=O) groups is 1. The summed E-state index contributed by atoms with van der Waals surface area (Å²) in [5.41, 5.74) is 0.863. The van der Waals surface area contributed by atoms with Gasteiger partial charge in [0.05, 0.1) is 6.10 Å². The Hall–Kier alpha value is -2.89.